The number of hydrogen-bond donors (Lipinski definition) is 0. The first-order chi connectivity index (χ1) is 7.17. The SMILES string of the molecule is CCCCOC(=O)C(OCC)C(=O)OC. The number of ether oxygens (including phenoxy) is 3. The molecule has 0 aliphatic rings. The zero-order valence-corrected chi connectivity index (χ0v) is 9.45. The maximum atomic E-state index is 11.4. The van der Waals surface area contributed by atoms with E-state index in [0.29, 0.717) is 6.61 Å². The van der Waals surface area contributed by atoms with Crippen LogP contribution in [0.15, 0.2) is 0 Å². The van der Waals surface area contributed by atoms with Gasteiger partial charge in [0.1, 0.15) is 0 Å². The van der Waals surface area contributed by atoms with Crippen LogP contribution in [0.5, 0.6) is 0 Å². The third-order valence-corrected chi connectivity index (χ3v) is 1.70. The summed E-state index contributed by atoms with van der Waals surface area (Å²) in [5.74, 6) is -1.41. The molecule has 0 fully saturated rings. The summed E-state index contributed by atoms with van der Waals surface area (Å²) in [5.41, 5.74) is 0. The minimum Gasteiger partial charge on any atom is -0.467 e. The number of carbonyl (C=O) groups is 2. The Kier molecular flexibility index (Phi) is 7.62. The van der Waals surface area contributed by atoms with E-state index in [4.69, 9.17) is 9.47 Å². The fraction of sp³-hybridized carbons (Fsp3) is 0.800. The van der Waals surface area contributed by atoms with Crippen LogP contribution in [0.1, 0.15) is 26.7 Å². The molecular formula is C10H18O5. The predicted octanol–water partition coefficient (Wildman–Crippen LogP) is 0.908. The highest BCUT2D eigenvalue weighted by molar-refractivity contribution is 5.97. The van der Waals surface area contributed by atoms with Gasteiger partial charge in [-0.3, -0.25) is 0 Å². The van der Waals surface area contributed by atoms with Gasteiger partial charge in [-0.2, -0.15) is 0 Å². The van der Waals surface area contributed by atoms with E-state index in [1.54, 1.807) is 6.92 Å². The van der Waals surface area contributed by atoms with Gasteiger partial charge in [0.2, 0.25) is 0 Å². The van der Waals surface area contributed by atoms with E-state index in [1.165, 1.54) is 7.11 Å². The van der Waals surface area contributed by atoms with Crippen LogP contribution < -0.4 is 0 Å². The molecule has 15 heavy (non-hydrogen) atoms. The van der Waals surface area contributed by atoms with Gasteiger partial charge in [-0.25, -0.2) is 9.59 Å². The average Bonchev–Trinajstić information content (AvgIpc) is 2.25. The van der Waals surface area contributed by atoms with Crippen LogP contribution in [-0.4, -0.2) is 38.4 Å². The number of methoxy groups -OCH3 is 1. The summed E-state index contributed by atoms with van der Waals surface area (Å²) in [6, 6.07) is 0. The number of esters is 2. The molecule has 0 N–H and O–H groups in total. The predicted molar refractivity (Wildman–Crippen MR) is 53.3 cm³/mol. The molecule has 5 nitrogen and oxygen atoms in total. The van der Waals surface area contributed by atoms with E-state index >= 15 is 0 Å². The van der Waals surface area contributed by atoms with Gasteiger partial charge in [0.15, 0.2) is 0 Å². The third-order valence-electron chi connectivity index (χ3n) is 1.70. The zero-order chi connectivity index (χ0) is 11.7. The fourth-order valence-corrected chi connectivity index (χ4v) is 0.899. The Morgan fingerprint density at radius 1 is 1.20 bits per heavy atom. The number of rotatable bonds is 7. The summed E-state index contributed by atoms with van der Waals surface area (Å²) >= 11 is 0. The van der Waals surface area contributed by atoms with E-state index in [-0.39, 0.29) is 6.61 Å². The average molecular weight is 218 g/mol. The second-order valence-corrected chi connectivity index (χ2v) is 2.88. The van der Waals surface area contributed by atoms with Crippen molar-refractivity contribution in [1.29, 1.82) is 0 Å². The van der Waals surface area contributed by atoms with Gasteiger partial charge in [-0.1, -0.05) is 13.3 Å². The van der Waals surface area contributed by atoms with Crippen molar-refractivity contribution in [2.24, 2.45) is 0 Å². The zero-order valence-electron chi connectivity index (χ0n) is 9.45. The Morgan fingerprint density at radius 3 is 2.33 bits per heavy atom. The van der Waals surface area contributed by atoms with Crippen LogP contribution >= 0.6 is 0 Å². The van der Waals surface area contributed by atoms with Crippen LogP contribution in [0.3, 0.4) is 0 Å². The molecule has 0 amide bonds. The topological polar surface area (TPSA) is 61.8 Å². The molecule has 0 saturated heterocycles. The summed E-state index contributed by atoms with van der Waals surface area (Å²) in [7, 11) is 1.20. The minimum absolute atomic E-state index is 0.253. The summed E-state index contributed by atoms with van der Waals surface area (Å²) in [6.45, 7) is 4.22. The Labute approximate surface area is 89.7 Å². The molecule has 0 aromatic rings. The van der Waals surface area contributed by atoms with Crippen molar-refractivity contribution in [3.63, 3.8) is 0 Å². The van der Waals surface area contributed by atoms with Gasteiger partial charge in [0.25, 0.3) is 6.10 Å². The van der Waals surface area contributed by atoms with Crippen LogP contribution in [0, 0.1) is 0 Å². The van der Waals surface area contributed by atoms with Gasteiger partial charge in [0, 0.05) is 6.61 Å². The first kappa shape index (κ1) is 13.9. The molecule has 0 rings (SSSR count). The van der Waals surface area contributed by atoms with E-state index in [2.05, 4.69) is 4.74 Å². The molecule has 0 aromatic carbocycles. The molecule has 5 heteroatoms. The molecule has 0 radical (unpaired) electrons. The third kappa shape index (κ3) is 5.37. The van der Waals surface area contributed by atoms with Crippen LogP contribution in [-0.2, 0) is 23.8 Å². The standard InChI is InChI=1S/C10H18O5/c1-4-6-7-15-10(12)8(14-5-2)9(11)13-3/h8H,4-7H2,1-3H3. The van der Waals surface area contributed by atoms with Gasteiger partial charge in [-0.05, 0) is 13.3 Å². The summed E-state index contributed by atoms with van der Waals surface area (Å²) in [6.07, 6.45) is 0.438. The molecule has 0 heterocycles. The van der Waals surface area contributed by atoms with E-state index < -0.39 is 18.0 Å². The second-order valence-electron chi connectivity index (χ2n) is 2.88. The molecule has 0 aliphatic heterocycles. The maximum Gasteiger partial charge on any atom is 0.347 e. The second kappa shape index (κ2) is 8.23. The lowest BCUT2D eigenvalue weighted by atomic mass is 10.3. The van der Waals surface area contributed by atoms with Gasteiger partial charge < -0.3 is 14.2 Å². The normalized spacial score (nSPS) is 11.9. The van der Waals surface area contributed by atoms with E-state index in [9.17, 15) is 9.59 Å². The Balaban J connectivity index is 4.10. The Hall–Kier alpha value is -1.10. The maximum absolute atomic E-state index is 11.4. The largest absolute Gasteiger partial charge is 0.467 e. The lowest BCUT2D eigenvalue weighted by Crippen LogP contribution is -2.35. The summed E-state index contributed by atoms with van der Waals surface area (Å²) in [4.78, 5) is 22.5. The molecule has 88 valence electrons. The molecule has 0 aliphatic carbocycles. The monoisotopic (exact) mass is 218 g/mol. The van der Waals surface area contributed by atoms with Crippen LogP contribution in [0.4, 0.5) is 0 Å². The minimum atomic E-state index is -1.25. The van der Waals surface area contributed by atoms with Crippen molar-refractivity contribution in [3.05, 3.63) is 0 Å². The van der Waals surface area contributed by atoms with Crippen molar-refractivity contribution < 1.29 is 23.8 Å². The van der Waals surface area contributed by atoms with Crippen LogP contribution in [0.2, 0.25) is 0 Å². The van der Waals surface area contributed by atoms with E-state index in [0.717, 1.165) is 12.8 Å². The van der Waals surface area contributed by atoms with Crippen molar-refractivity contribution in [1.82, 2.24) is 0 Å². The van der Waals surface area contributed by atoms with Crippen molar-refractivity contribution >= 4 is 11.9 Å². The highest BCUT2D eigenvalue weighted by Gasteiger charge is 2.29. The van der Waals surface area contributed by atoms with E-state index in [1.807, 2.05) is 6.92 Å². The first-order valence-electron chi connectivity index (χ1n) is 5.03. The Bertz CT molecular complexity index is 202. The number of carbonyl (C=O) groups excluding carboxylic acids is 2. The van der Waals surface area contributed by atoms with Crippen molar-refractivity contribution in [3.8, 4) is 0 Å². The summed E-state index contributed by atoms with van der Waals surface area (Å²) < 4.78 is 14.2. The molecule has 0 aromatic heterocycles. The fourth-order valence-electron chi connectivity index (χ4n) is 0.899. The highest BCUT2D eigenvalue weighted by atomic mass is 16.6. The van der Waals surface area contributed by atoms with Gasteiger partial charge >= 0.3 is 11.9 Å². The lowest BCUT2D eigenvalue weighted by Gasteiger charge is -2.13. The highest BCUT2D eigenvalue weighted by Crippen LogP contribution is 2.00. The van der Waals surface area contributed by atoms with Gasteiger partial charge in [-0.15, -0.1) is 0 Å². The molecule has 0 saturated carbocycles. The smallest absolute Gasteiger partial charge is 0.347 e. The first-order valence-corrected chi connectivity index (χ1v) is 5.03. The van der Waals surface area contributed by atoms with Crippen molar-refractivity contribution in [2.45, 2.75) is 32.8 Å². The quantitative estimate of drug-likeness (QED) is 0.361. The van der Waals surface area contributed by atoms with Crippen LogP contribution in [0.25, 0.3) is 0 Å². The Morgan fingerprint density at radius 2 is 1.87 bits per heavy atom. The lowest BCUT2D eigenvalue weighted by molar-refractivity contribution is -0.171. The number of hydrogen-bond acceptors (Lipinski definition) is 5. The molecule has 0 spiro atoms. The van der Waals surface area contributed by atoms with Gasteiger partial charge in [0.05, 0.1) is 13.7 Å². The molecule has 1 unspecified atom stereocenters. The molecule has 1 atom stereocenters. The molecule has 0 bridgehead atoms. The molecular weight excluding hydrogens is 200 g/mol. The van der Waals surface area contributed by atoms with Crippen molar-refractivity contribution in [2.75, 3.05) is 20.3 Å². The summed E-state index contributed by atoms with van der Waals surface area (Å²) in [5, 5.41) is 0. The number of unbranched alkanes of at least 4 members (excludes halogenated alkanes) is 1.